The summed E-state index contributed by atoms with van der Waals surface area (Å²) >= 11 is 0. The minimum atomic E-state index is 0.837. The van der Waals surface area contributed by atoms with Crippen molar-refractivity contribution in [2.75, 3.05) is 43.4 Å². The molecule has 3 rings (SSSR count). The minimum absolute atomic E-state index is 0.837. The van der Waals surface area contributed by atoms with Crippen molar-refractivity contribution >= 4 is 11.4 Å². The standard InChI is InChI=1S/C16H25N3/c1-2-19-9-6-13(7-10-19)12-18-15-4-3-14-5-8-17-16(14)11-15/h3-4,11,13,17-18H,2,5-10,12H2,1H3. The minimum Gasteiger partial charge on any atom is -0.385 e. The summed E-state index contributed by atoms with van der Waals surface area (Å²) < 4.78 is 0. The van der Waals surface area contributed by atoms with E-state index in [4.69, 9.17) is 0 Å². The van der Waals surface area contributed by atoms with Crippen molar-refractivity contribution in [2.45, 2.75) is 26.2 Å². The van der Waals surface area contributed by atoms with Gasteiger partial charge in [0.15, 0.2) is 0 Å². The quantitative estimate of drug-likeness (QED) is 0.870. The van der Waals surface area contributed by atoms with Crippen molar-refractivity contribution in [3.63, 3.8) is 0 Å². The number of rotatable bonds is 4. The lowest BCUT2D eigenvalue weighted by Gasteiger charge is -2.31. The van der Waals surface area contributed by atoms with Gasteiger partial charge in [0.2, 0.25) is 0 Å². The maximum atomic E-state index is 3.62. The predicted octanol–water partition coefficient (Wildman–Crippen LogP) is 2.80. The van der Waals surface area contributed by atoms with Crippen molar-refractivity contribution in [2.24, 2.45) is 5.92 Å². The zero-order valence-corrected chi connectivity index (χ0v) is 11.9. The fraction of sp³-hybridized carbons (Fsp3) is 0.625. The molecule has 0 atom stereocenters. The van der Waals surface area contributed by atoms with Crippen LogP contribution in [0.25, 0.3) is 0 Å². The largest absolute Gasteiger partial charge is 0.385 e. The van der Waals surface area contributed by atoms with Crippen molar-refractivity contribution in [3.05, 3.63) is 23.8 Å². The molecule has 0 unspecified atom stereocenters. The Bertz CT molecular complexity index is 422. The number of hydrogen-bond acceptors (Lipinski definition) is 3. The van der Waals surface area contributed by atoms with Crippen LogP contribution >= 0.6 is 0 Å². The molecule has 0 spiro atoms. The van der Waals surface area contributed by atoms with Crippen LogP contribution in [0.3, 0.4) is 0 Å². The topological polar surface area (TPSA) is 27.3 Å². The number of benzene rings is 1. The van der Waals surface area contributed by atoms with Crippen molar-refractivity contribution in [1.82, 2.24) is 4.90 Å². The average molecular weight is 259 g/mol. The van der Waals surface area contributed by atoms with E-state index in [0.29, 0.717) is 0 Å². The predicted molar refractivity (Wildman–Crippen MR) is 82.0 cm³/mol. The van der Waals surface area contributed by atoms with Crippen LogP contribution in [0.2, 0.25) is 0 Å². The van der Waals surface area contributed by atoms with Gasteiger partial charge in [-0.1, -0.05) is 13.0 Å². The zero-order valence-electron chi connectivity index (χ0n) is 11.9. The molecule has 1 aromatic carbocycles. The van der Waals surface area contributed by atoms with Crippen LogP contribution in [-0.2, 0) is 6.42 Å². The number of anilines is 2. The summed E-state index contributed by atoms with van der Waals surface area (Å²) in [5.74, 6) is 0.837. The van der Waals surface area contributed by atoms with E-state index in [1.54, 1.807) is 0 Å². The molecule has 0 saturated carbocycles. The van der Waals surface area contributed by atoms with Crippen LogP contribution in [0.1, 0.15) is 25.3 Å². The summed E-state index contributed by atoms with van der Waals surface area (Å²) in [6.45, 7) is 8.22. The van der Waals surface area contributed by atoms with Crippen LogP contribution in [-0.4, -0.2) is 37.6 Å². The SMILES string of the molecule is CCN1CCC(CNc2ccc3c(c2)NCC3)CC1. The number of nitrogens with zero attached hydrogens (tertiary/aromatic N) is 1. The van der Waals surface area contributed by atoms with Crippen LogP contribution in [0.5, 0.6) is 0 Å². The Hall–Kier alpha value is -1.22. The summed E-state index contributed by atoms with van der Waals surface area (Å²) in [7, 11) is 0. The monoisotopic (exact) mass is 259 g/mol. The highest BCUT2D eigenvalue weighted by molar-refractivity contribution is 5.63. The molecule has 104 valence electrons. The molecule has 1 saturated heterocycles. The summed E-state index contributed by atoms with van der Waals surface area (Å²) in [6, 6.07) is 6.76. The second kappa shape index (κ2) is 5.83. The number of hydrogen-bond donors (Lipinski definition) is 2. The third-order valence-corrected chi connectivity index (χ3v) is 4.57. The smallest absolute Gasteiger partial charge is 0.0394 e. The molecule has 2 aliphatic heterocycles. The Morgan fingerprint density at radius 1 is 1.32 bits per heavy atom. The molecule has 1 fully saturated rings. The van der Waals surface area contributed by atoms with E-state index in [0.717, 1.165) is 19.0 Å². The molecule has 0 aromatic heterocycles. The number of piperidine rings is 1. The molecular formula is C16H25N3. The van der Waals surface area contributed by atoms with E-state index in [-0.39, 0.29) is 0 Å². The number of fused-ring (bicyclic) bond motifs is 1. The third kappa shape index (κ3) is 3.03. The summed E-state index contributed by atoms with van der Waals surface area (Å²) in [4.78, 5) is 2.55. The Labute approximate surface area is 116 Å². The van der Waals surface area contributed by atoms with Crippen LogP contribution in [0.4, 0.5) is 11.4 Å². The zero-order chi connectivity index (χ0) is 13.1. The average Bonchev–Trinajstić information content (AvgIpc) is 2.93. The van der Waals surface area contributed by atoms with E-state index < -0.39 is 0 Å². The fourth-order valence-corrected chi connectivity index (χ4v) is 3.17. The maximum Gasteiger partial charge on any atom is 0.0394 e. The highest BCUT2D eigenvalue weighted by Gasteiger charge is 2.18. The molecule has 0 aliphatic carbocycles. The molecule has 19 heavy (non-hydrogen) atoms. The first-order valence-corrected chi connectivity index (χ1v) is 7.68. The van der Waals surface area contributed by atoms with Gasteiger partial charge in [0, 0.05) is 24.5 Å². The van der Waals surface area contributed by atoms with E-state index in [1.165, 1.54) is 55.8 Å². The van der Waals surface area contributed by atoms with Gasteiger partial charge in [0.05, 0.1) is 0 Å². The fourth-order valence-electron chi connectivity index (χ4n) is 3.17. The lowest BCUT2D eigenvalue weighted by Crippen LogP contribution is -2.35. The van der Waals surface area contributed by atoms with Gasteiger partial charge in [-0.25, -0.2) is 0 Å². The molecule has 2 N–H and O–H groups in total. The molecule has 2 aliphatic rings. The van der Waals surface area contributed by atoms with Crippen molar-refractivity contribution in [3.8, 4) is 0 Å². The number of likely N-dealkylation sites (tertiary alicyclic amines) is 1. The second-order valence-corrected chi connectivity index (χ2v) is 5.81. The van der Waals surface area contributed by atoms with Gasteiger partial charge in [-0.2, -0.15) is 0 Å². The first-order valence-electron chi connectivity index (χ1n) is 7.68. The number of nitrogens with one attached hydrogen (secondary N) is 2. The second-order valence-electron chi connectivity index (χ2n) is 5.81. The molecule has 3 heteroatoms. The van der Waals surface area contributed by atoms with Gasteiger partial charge in [-0.05, 0) is 62.5 Å². The van der Waals surface area contributed by atoms with E-state index in [9.17, 15) is 0 Å². The molecule has 0 amide bonds. The lowest BCUT2D eigenvalue weighted by molar-refractivity contribution is 0.198. The Morgan fingerprint density at radius 3 is 2.95 bits per heavy atom. The Kier molecular flexibility index (Phi) is 3.92. The molecule has 0 bridgehead atoms. The first-order chi connectivity index (χ1) is 9.35. The Balaban J connectivity index is 1.50. The van der Waals surface area contributed by atoms with Gasteiger partial charge in [-0.15, -0.1) is 0 Å². The molecule has 3 nitrogen and oxygen atoms in total. The molecule has 1 aromatic rings. The summed E-state index contributed by atoms with van der Waals surface area (Å²) in [5.41, 5.74) is 4.05. The lowest BCUT2D eigenvalue weighted by atomic mass is 9.96. The van der Waals surface area contributed by atoms with Crippen LogP contribution in [0, 0.1) is 5.92 Å². The highest BCUT2D eigenvalue weighted by atomic mass is 15.1. The Morgan fingerprint density at radius 2 is 2.16 bits per heavy atom. The van der Waals surface area contributed by atoms with Crippen molar-refractivity contribution in [1.29, 1.82) is 0 Å². The normalized spacial score (nSPS) is 20.1. The van der Waals surface area contributed by atoms with Gasteiger partial charge >= 0.3 is 0 Å². The highest BCUT2D eigenvalue weighted by Crippen LogP contribution is 2.26. The van der Waals surface area contributed by atoms with Gasteiger partial charge in [0.25, 0.3) is 0 Å². The van der Waals surface area contributed by atoms with Crippen LogP contribution < -0.4 is 10.6 Å². The van der Waals surface area contributed by atoms with Gasteiger partial charge in [0.1, 0.15) is 0 Å². The van der Waals surface area contributed by atoms with E-state index >= 15 is 0 Å². The molecule has 0 radical (unpaired) electrons. The maximum absolute atomic E-state index is 3.62. The van der Waals surface area contributed by atoms with Crippen LogP contribution in [0.15, 0.2) is 18.2 Å². The summed E-state index contributed by atoms with van der Waals surface area (Å²) in [6.07, 6.45) is 3.85. The van der Waals surface area contributed by atoms with Gasteiger partial charge < -0.3 is 15.5 Å². The summed E-state index contributed by atoms with van der Waals surface area (Å²) in [5, 5.41) is 7.06. The van der Waals surface area contributed by atoms with Crippen molar-refractivity contribution < 1.29 is 0 Å². The first kappa shape index (κ1) is 12.8. The third-order valence-electron chi connectivity index (χ3n) is 4.57. The van der Waals surface area contributed by atoms with E-state index in [2.05, 4.69) is 40.7 Å². The molecular weight excluding hydrogens is 234 g/mol. The van der Waals surface area contributed by atoms with E-state index in [1.807, 2.05) is 0 Å². The van der Waals surface area contributed by atoms with Gasteiger partial charge in [-0.3, -0.25) is 0 Å². The molecule has 2 heterocycles.